The second-order valence-corrected chi connectivity index (χ2v) is 5.89. The molecule has 0 saturated carbocycles. The van der Waals surface area contributed by atoms with Crippen molar-refractivity contribution in [3.63, 3.8) is 0 Å². The van der Waals surface area contributed by atoms with E-state index in [1.165, 1.54) is 18.2 Å². The molecule has 1 aromatic rings. The predicted octanol–water partition coefficient (Wildman–Crippen LogP) is -0.156. The van der Waals surface area contributed by atoms with Crippen LogP contribution in [0.4, 0.5) is 14.4 Å². The minimum absolute atomic E-state index is 0.260. The van der Waals surface area contributed by atoms with Gasteiger partial charge >= 0.3 is 121 Å². The average molecular weight is 401 g/mol. The molecule has 0 amide bonds. The van der Waals surface area contributed by atoms with Gasteiger partial charge in [0.1, 0.15) is 0 Å². The van der Waals surface area contributed by atoms with E-state index in [2.05, 4.69) is 0 Å². The second kappa shape index (κ2) is 6.95. The molecule has 18 heavy (non-hydrogen) atoms. The molecule has 3 N–H and O–H groups in total. The van der Waals surface area contributed by atoms with Crippen molar-refractivity contribution in [3.8, 4) is 0 Å². The van der Waals surface area contributed by atoms with E-state index < -0.39 is 14.6 Å². The Bertz CT molecular complexity index is 417. The van der Waals surface area contributed by atoms with Crippen LogP contribution in [0.15, 0.2) is 18.2 Å². The van der Waals surface area contributed by atoms with Gasteiger partial charge in [0.2, 0.25) is 0 Å². The zero-order chi connectivity index (χ0) is 13.7. The van der Waals surface area contributed by atoms with Crippen LogP contribution in [-0.2, 0) is 44.9 Å². The van der Waals surface area contributed by atoms with Gasteiger partial charge in [-0.15, -0.1) is 0 Å². The van der Waals surface area contributed by atoms with Crippen LogP contribution < -0.4 is 13.4 Å². The SMILES string of the molecule is O=[C](O)[Cu][c]1c[c]([Cu][C](=O)O)c[c]([Cu][C](=O)O)c1. The van der Waals surface area contributed by atoms with E-state index in [4.69, 9.17) is 15.3 Å². The van der Waals surface area contributed by atoms with Gasteiger partial charge in [0.05, 0.1) is 0 Å². The van der Waals surface area contributed by atoms with Crippen LogP contribution in [-0.4, -0.2) is 29.9 Å². The van der Waals surface area contributed by atoms with Crippen molar-refractivity contribution in [2.45, 2.75) is 0 Å². The van der Waals surface area contributed by atoms with E-state index in [0.717, 1.165) is 0 Å². The van der Waals surface area contributed by atoms with E-state index in [9.17, 15) is 14.4 Å². The van der Waals surface area contributed by atoms with E-state index in [1.54, 1.807) is 0 Å². The fourth-order valence-electron chi connectivity index (χ4n) is 0.813. The van der Waals surface area contributed by atoms with Gasteiger partial charge in [-0.25, -0.2) is 0 Å². The summed E-state index contributed by atoms with van der Waals surface area (Å²) in [5.41, 5.74) is 0. The van der Waals surface area contributed by atoms with Crippen molar-refractivity contribution < 1.29 is 74.6 Å². The first-order chi connectivity index (χ1) is 8.36. The number of rotatable bonds is 6. The summed E-state index contributed by atoms with van der Waals surface area (Å²) in [5.74, 6) is 0. The van der Waals surface area contributed by atoms with Crippen molar-refractivity contribution in [1.29, 1.82) is 0 Å². The molecular formula is C9H6Cu3O6. The van der Waals surface area contributed by atoms with Gasteiger partial charge in [0, 0.05) is 0 Å². The third kappa shape index (κ3) is 5.69. The molecular weight excluding hydrogens is 395 g/mol. The van der Waals surface area contributed by atoms with E-state index in [1.807, 2.05) is 0 Å². The number of carboxylic acid groups (broad SMARTS) is 3. The molecule has 1 aromatic carbocycles. The number of hydrogen-bond acceptors (Lipinski definition) is 3. The maximum atomic E-state index is 10.5. The van der Waals surface area contributed by atoms with E-state index >= 15 is 0 Å². The molecule has 0 saturated heterocycles. The van der Waals surface area contributed by atoms with Gasteiger partial charge < -0.3 is 0 Å². The molecule has 0 bridgehead atoms. The van der Waals surface area contributed by atoms with Crippen molar-refractivity contribution in [2.75, 3.05) is 0 Å². The van der Waals surface area contributed by atoms with Crippen LogP contribution >= 0.6 is 0 Å². The van der Waals surface area contributed by atoms with Crippen LogP contribution in [0, 0.1) is 0 Å². The Morgan fingerprint density at radius 2 is 0.889 bits per heavy atom. The minimum atomic E-state index is -1.17. The molecule has 0 aromatic heterocycles. The molecule has 0 atom stereocenters. The van der Waals surface area contributed by atoms with Gasteiger partial charge in [-0.05, 0) is 0 Å². The molecule has 0 aliphatic carbocycles. The summed E-state index contributed by atoms with van der Waals surface area (Å²) in [4.78, 5) is 28.1. The standard InChI is InChI=1S/C6H3.3CHO2.3Cu/c1-2-4-6-5-3-1;3*2-1-3;;;/h1,4-5H;3*(H,2,3);;;. The zero-order valence-corrected chi connectivity index (χ0v) is 11.0. The maximum absolute atomic E-state index is 10.5. The second-order valence-electron chi connectivity index (χ2n) is 2.34. The zero-order valence-electron chi connectivity index (χ0n) is 8.20. The average Bonchev–Trinajstić information content (AvgIpc) is 2.12. The first-order valence-electron chi connectivity index (χ1n) is 3.92. The molecule has 6 nitrogen and oxygen atoms in total. The Labute approximate surface area is 120 Å². The molecule has 0 aliphatic heterocycles. The summed E-state index contributed by atoms with van der Waals surface area (Å²) in [6.07, 6.45) is 0. The third-order valence-corrected chi connectivity index (χ3v) is 3.45. The normalized spacial score (nSPS) is 10.7. The molecule has 111 valence electrons. The fourth-order valence-corrected chi connectivity index (χ4v) is 3.02. The molecule has 0 unspecified atom stereocenters. The summed E-state index contributed by atoms with van der Waals surface area (Å²) < 4.78 is 0.780. The molecule has 0 spiro atoms. The van der Waals surface area contributed by atoms with E-state index in [-0.39, 0.29) is 13.4 Å². The topological polar surface area (TPSA) is 112 Å². The van der Waals surface area contributed by atoms with Gasteiger partial charge in [-0.2, -0.15) is 0 Å². The van der Waals surface area contributed by atoms with Crippen LogP contribution in [0.3, 0.4) is 0 Å². The van der Waals surface area contributed by atoms with Crippen LogP contribution in [0.5, 0.6) is 0 Å². The first-order valence-corrected chi connectivity index (χ1v) is 6.74. The van der Waals surface area contributed by atoms with Crippen LogP contribution in [0.2, 0.25) is 0 Å². The van der Waals surface area contributed by atoms with Crippen molar-refractivity contribution in [3.05, 3.63) is 18.2 Å². The van der Waals surface area contributed by atoms with Gasteiger partial charge in [-0.3, -0.25) is 0 Å². The molecule has 0 radical (unpaired) electrons. The van der Waals surface area contributed by atoms with Gasteiger partial charge in [0.15, 0.2) is 0 Å². The quantitative estimate of drug-likeness (QED) is 0.572. The summed E-state index contributed by atoms with van der Waals surface area (Å²) in [6, 6.07) is 4.10. The summed E-state index contributed by atoms with van der Waals surface area (Å²) >= 11 is 1.74. The van der Waals surface area contributed by atoms with Crippen LogP contribution in [0.1, 0.15) is 0 Å². The summed E-state index contributed by atoms with van der Waals surface area (Å²) in [6.45, 7) is 0. The monoisotopic (exact) mass is 399 g/mol. The first kappa shape index (κ1) is 15.2. The molecule has 0 aliphatic rings. The third-order valence-electron chi connectivity index (χ3n) is 1.22. The summed E-state index contributed by atoms with van der Waals surface area (Å²) in [7, 11) is 0. The fraction of sp³-hybridized carbons (Fsp3) is 0. The van der Waals surface area contributed by atoms with Crippen LogP contribution in [0.25, 0.3) is 0 Å². The molecule has 0 heterocycles. The molecule has 0 fully saturated rings. The molecule has 1 rings (SSSR count). The number of hydrogen-bond donors (Lipinski definition) is 3. The van der Waals surface area contributed by atoms with Crippen molar-refractivity contribution >= 4 is 28.0 Å². The van der Waals surface area contributed by atoms with Gasteiger partial charge in [-0.1, -0.05) is 0 Å². The van der Waals surface area contributed by atoms with Crippen molar-refractivity contribution in [1.82, 2.24) is 0 Å². The Hall–Kier alpha value is -0.812. The van der Waals surface area contributed by atoms with E-state index in [0.29, 0.717) is 44.9 Å². The molecule has 9 heteroatoms. The Kier molecular flexibility index (Phi) is 5.88. The number of carbonyl (C=O) groups is 3. The summed E-state index contributed by atoms with van der Waals surface area (Å²) in [5, 5.41) is 25.9. The predicted molar refractivity (Wildman–Crippen MR) is 49.4 cm³/mol. The number of benzene rings is 1. The Balaban J connectivity index is 3.06. The Morgan fingerprint density at radius 3 is 1.06 bits per heavy atom. The van der Waals surface area contributed by atoms with Gasteiger partial charge in [0.25, 0.3) is 0 Å². The Morgan fingerprint density at radius 1 is 0.667 bits per heavy atom. The van der Waals surface area contributed by atoms with Crippen molar-refractivity contribution in [2.24, 2.45) is 0 Å².